The first-order valence-electron chi connectivity index (χ1n) is 3.68. The number of fused-ring (bicyclic) bond motifs is 1. The fourth-order valence-corrected chi connectivity index (χ4v) is 1.71. The first-order valence-corrected chi connectivity index (χ1v) is 4.85. The number of halogens is 2. The molecule has 0 unspecified atom stereocenters. The molecule has 66 valence electrons. The number of rotatable bonds is 0. The van der Waals surface area contributed by atoms with Gasteiger partial charge in [0, 0.05) is 9.86 Å². The Balaban J connectivity index is 2.87. The Bertz CT molecular complexity index is 470. The summed E-state index contributed by atoms with van der Waals surface area (Å²) in [5.41, 5.74) is 6.97. The van der Waals surface area contributed by atoms with Crippen LogP contribution in [0.3, 0.4) is 0 Å². The van der Waals surface area contributed by atoms with Crippen molar-refractivity contribution < 1.29 is 0 Å². The lowest BCUT2D eigenvalue weighted by molar-refractivity contribution is 1.41. The molecular weight excluding hydrogens is 251 g/mol. The number of benzene rings is 1. The third kappa shape index (κ3) is 1.49. The number of anilines is 1. The second-order valence-electron chi connectivity index (χ2n) is 2.69. The lowest BCUT2D eigenvalue weighted by Crippen LogP contribution is -1.89. The highest BCUT2D eigenvalue weighted by atomic mass is 79.9. The molecule has 0 fully saturated rings. The van der Waals surface area contributed by atoms with Crippen molar-refractivity contribution in [1.82, 2.24) is 4.98 Å². The van der Waals surface area contributed by atoms with Crippen molar-refractivity contribution in [1.29, 1.82) is 0 Å². The summed E-state index contributed by atoms with van der Waals surface area (Å²) in [7, 11) is 0. The quantitative estimate of drug-likeness (QED) is 0.787. The van der Waals surface area contributed by atoms with Gasteiger partial charge in [0.15, 0.2) is 0 Å². The van der Waals surface area contributed by atoms with E-state index in [4.69, 9.17) is 17.3 Å². The first kappa shape index (κ1) is 8.78. The second kappa shape index (κ2) is 3.16. The van der Waals surface area contributed by atoms with Gasteiger partial charge in [-0.25, -0.2) is 0 Å². The Kier molecular flexibility index (Phi) is 2.14. The molecule has 0 aliphatic rings. The molecule has 2 aromatic rings. The highest BCUT2D eigenvalue weighted by molar-refractivity contribution is 9.10. The van der Waals surface area contributed by atoms with Crippen molar-refractivity contribution in [3.05, 3.63) is 33.9 Å². The van der Waals surface area contributed by atoms with Gasteiger partial charge in [-0.1, -0.05) is 33.6 Å². The van der Waals surface area contributed by atoms with E-state index < -0.39 is 0 Å². The van der Waals surface area contributed by atoms with Crippen molar-refractivity contribution in [3.63, 3.8) is 0 Å². The van der Waals surface area contributed by atoms with Gasteiger partial charge in [0.25, 0.3) is 0 Å². The van der Waals surface area contributed by atoms with Crippen LogP contribution < -0.4 is 5.73 Å². The molecule has 1 aromatic carbocycles. The van der Waals surface area contributed by atoms with Crippen molar-refractivity contribution >= 4 is 44.1 Å². The third-order valence-corrected chi connectivity index (χ3v) is 2.71. The maximum atomic E-state index is 6.00. The topological polar surface area (TPSA) is 38.9 Å². The molecule has 13 heavy (non-hydrogen) atoms. The summed E-state index contributed by atoms with van der Waals surface area (Å²) in [6.45, 7) is 0. The average Bonchev–Trinajstić information content (AvgIpc) is 2.12. The summed E-state index contributed by atoms with van der Waals surface area (Å²) < 4.78 is 0.980. The van der Waals surface area contributed by atoms with E-state index in [1.807, 2.05) is 18.2 Å². The predicted octanol–water partition coefficient (Wildman–Crippen LogP) is 3.23. The highest BCUT2D eigenvalue weighted by Gasteiger charge is 2.03. The summed E-state index contributed by atoms with van der Waals surface area (Å²) in [6.07, 6.45) is 1.57. The lowest BCUT2D eigenvalue weighted by Gasteiger charge is -2.02. The van der Waals surface area contributed by atoms with Crippen molar-refractivity contribution in [2.75, 3.05) is 5.73 Å². The number of pyridine rings is 1. The van der Waals surface area contributed by atoms with Crippen LogP contribution in [0.5, 0.6) is 0 Å². The van der Waals surface area contributed by atoms with Crippen LogP contribution in [0.1, 0.15) is 0 Å². The molecule has 0 saturated carbocycles. The number of hydrogen-bond acceptors (Lipinski definition) is 2. The molecule has 0 aliphatic heterocycles. The second-order valence-corrected chi connectivity index (χ2v) is 3.98. The van der Waals surface area contributed by atoms with Crippen LogP contribution in [0, 0.1) is 0 Å². The molecule has 0 aliphatic carbocycles. The van der Waals surface area contributed by atoms with E-state index in [2.05, 4.69) is 20.9 Å². The van der Waals surface area contributed by atoms with Crippen LogP contribution in [-0.4, -0.2) is 4.98 Å². The fraction of sp³-hybridized carbons (Fsp3) is 0. The van der Waals surface area contributed by atoms with Gasteiger partial charge < -0.3 is 5.73 Å². The molecule has 1 aromatic heterocycles. The summed E-state index contributed by atoms with van der Waals surface area (Å²) in [4.78, 5) is 4.16. The summed E-state index contributed by atoms with van der Waals surface area (Å²) in [5, 5.41) is 1.45. The lowest BCUT2D eigenvalue weighted by atomic mass is 10.2. The van der Waals surface area contributed by atoms with E-state index in [-0.39, 0.29) is 0 Å². The van der Waals surface area contributed by atoms with Gasteiger partial charge in [0.1, 0.15) is 0 Å². The van der Waals surface area contributed by atoms with Gasteiger partial charge in [-0.2, -0.15) is 0 Å². The molecule has 1 heterocycles. The fourth-order valence-electron chi connectivity index (χ4n) is 1.15. The molecular formula is C9H6BrClN2. The molecule has 2 N–H and O–H groups in total. The van der Waals surface area contributed by atoms with Crippen LogP contribution in [0.15, 0.2) is 28.9 Å². The van der Waals surface area contributed by atoms with Crippen LogP contribution in [0.2, 0.25) is 5.02 Å². The summed E-state index contributed by atoms with van der Waals surface area (Å²) in [5.74, 6) is 0. The monoisotopic (exact) mass is 256 g/mol. The number of hydrogen-bond donors (Lipinski definition) is 1. The molecule has 2 rings (SSSR count). The van der Waals surface area contributed by atoms with E-state index >= 15 is 0 Å². The molecule has 0 atom stereocenters. The van der Waals surface area contributed by atoms with Gasteiger partial charge in [0.05, 0.1) is 22.4 Å². The largest absolute Gasteiger partial charge is 0.396 e. The van der Waals surface area contributed by atoms with Gasteiger partial charge in [-0.3, -0.25) is 4.98 Å². The van der Waals surface area contributed by atoms with Gasteiger partial charge in [-0.15, -0.1) is 0 Å². The van der Waals surface area contributed by atoms with Crippen LogP contribution >= 0.6 is 27.5 Å². The zero-order chi connectivity index (χ0) is 9.42. The minimum atomic E-state index is 0.511. The van der Waals surface area contributed by atoms with E-state index in [1.54, 1.807) is 6.20 Å². The minimum Gasteiger partial charge on any atom is -0.396 e. The van der Waals surface area contributed by atoms with Gasteiger partial charge in [-0.05, 0) is 12.1 Å². The minimum absolute atomic E-state index is 0.511. The smallest absolute Gasteiger partial charge is 0.0745 e. The van der Waals surface area contributed by atoms with Crippen molar-refractivity contribution in [2.24, 2.45) is 0 Å². The average molecular weight is 258 g/mol. The SMILES string of the molecule is Nc1cnc2cc(Br)ccc2c1Cl. The Hall–Kier alpha value is -0.800. The van der Waals surface area contributed by atoms with E-state index in [0.29, 0.717) is 10.7 Å². The van der Waals surface area contributed by atoms with Gasteiger partial charge in [0.2, 0.25) is 0 Å². The maximum absolute atomic E-state index is 6.00. The van der Waals surface area contributed by atoms with E-state index in [1.165, 1.54) is 0 Å². The Morgan fingerprint density at radius 3 is 2.92 bits per heavy atom. The molecule has 0 spiro atoms. The third-order valence-electron chi connectivity index (χ3n) is 1.79. The highest BCUT2D eigenvalue weighted by Crippen LogP contribution is 2.28. The van der Waals surface area contributed by atoms with Crippen LogP contribution in [-0.2, 0) is 0 Å². The molecule has 0 amide bonds. The standard InChI is InChI=1S/C9H6BrClN2/c10-5-1-2-6-8(3-5)13-4-7(12)9(6)11/h1-4H,12H2. The van der Waals surface area contributed by atoms with Crippen LogP contribution in [0.4, 0.5) is 5.69 Å². The maximum Gasteiger partial charge on any atom is 0.0745 e. The molecule has 0 bridgehead atoms. The predicted molar refractivity (Wildman–Crippen MR) is 58.9 cm³/mol. The normalized spacial score (nSPS) is 10.6. The summed E-state index contributed by atoms with van der Waals surface area (Å²) in [6, 6.07) is 5.71. The molecule has 0 radical (unpaired) electrons. The zero-order valence-electron chi connectivity index (χ0n) is 6.59. The molecule has 4 heteroatoms. The van der Waals surface area contributed by atoms with Gasteiger partial charge >= 0.3 is 0 Å². The molecule has 2 nitrogen and oxygen atoms in total. The van der Waals surface area contributed by atoms with E-state index in [9.17, 15) is 0 Å². The van der Waals surface area contributed by atoms with E-state index in [0.717, 1.165) is 15.4 Å². The van der Waals surface area contributed by atoms with Crippen LogP contribution in [0.25, 0.3) is 10.9 Å². The van der Waals surface area contributed by atoms with Crippen molar-refractivity contribution in [3.8, 4) is 0 Å². The summed E-state index contributed by atoms with van der Waals surface area (Å²) >= 11 is 9.36. The number of nitrogens with zero attached hydrogens (tertiary/aromatic N) is 1. The Morgan fingerprint density at radius 1 is 1.38 bits per heavy atom. The van der Waals surface area contributed by atoms with Crippen molar-refractivity contribution in [2.45, 2.75) is 0 Å². The Labute approximate surface area is 88.8 Å². The number of nitrogen functional groups attached to an aromatic ring is 1. The molecule has 0 saturated heterocycles. The number of nitrogens with two attached hydrogens (primary N) is 1. The first-order chi connectivity index (χ1) is 6.18. The zero-order valence-corrected chi connectivity index (χ0v) is 8.93. The number of aromatic nitrogens is 1. The Morgan fingerprint density at radius 2 is 2.15 bits per heavy atom.